The lowest BCUT2D eigenvalue weighted by Crippen LogP contribution is -2.62. The van der Waals surface area contributed by atoms with Crippen molar-refractivity contribution in [2.24, 2.45) is 11.8 Å². The Labute approximate surface area is 237 Å². The number of hydrogen-bond donors (Lipinski definition) is 0. The molecule has 6 rings (SSSR count). The van der Waals surface area contributed by atoms with E-state index in [9.17, 15) is 9.59 Å². The molecule has 3 aromatic rings. The molecule has 1 unspecified atom stereocenters. The summed E-state index contributed by atoms with van der Waals surface area (Å²) in [6.45, 7) is 4.54. The largest absolute Gasteiger partial charge is 0.497 e. The first-order chi connectivity index (χ1) is 19.4. The number of piperidine rings is 1. The molecule has 0 bridgehead atoms. The normalized spacial score (nSPS) is 26.6. The number of fused-ring (bicyclic) bond motifs is 2. The van der Waals surface area contributed by atoms with E-state index >= 15 is 0 Å². The van der Waals surface area contributed by atoms with Gasteiger partial charge in [0.1, 0.15) is 11.9 Å². The highest BCUT2D eigenvalue weighted by atomic mass is 16.5. The predicted octanol–water partition coefficient (Wildman–Crippen LogP) is 5.68. The molecule has 210 valence electrons. The Morgan fingerprint density at radius 1 is 1.02 bits per heavy atom. The van der Waals surface area contributed by atoms with E-state index in [0.29, 0.717) is 12.0 Å². The summed E-state index contributed by atoms with van der Waals surface area (Å²) in [5.74, 6) is 1.53. The van der Waals surface area contributed by atoms with Crippen molar-refractivity contribution < 1.29 is 19.1 Å². The monoisotopic (exact) mass is 540 g/mol. The number of amides is 1. The molecule has 0 radical (unpaired) electrons. The second kappa shape index (κ2) is 10.9. The summed E-state index contributed by atoms with van der Waals surface area (Å²) in [5, 5.41) is 2.17. The summed E-state index contributed by atoms with van der Waals surface area (Å²) in [5.41, 5.74) is 1.67. The van der Waals surface area contributed by atoms with Crippen LogP contribution in [0.3, 0.4) is 0 Å². The van der Waals surface area contributed by atoms with Crippen molar-refractivity contribution in [3.05, 3.63) is 77.9 Å². The Kier molecular flexibility index (Phi) is 7.30. The topological polar surface area (TPSA) is 59.1 Å². The summed E-state index contributed by atoms with van der Waals surface area (Å²) in [4.78, 5) is 30.8. The Bertz CT molecular complexity index is 1400. The van der Waals surface area contributed by atoms with Crippen LogP contribution < -0.4 is 4.74 Å². The molecule has 6 heteroatoms. The summed E-state index contributed by atoms with van der Waals surface area (Å²) >= 11 is 0. The zero-order valence-corrected chi connectivity index (χ0v) is 23.8. The molecular formula is C34H40N2O4. The Morgan fingerprint density at radius 3 is 2.58 bits per heavy atom. The van der Waals surface area contributed by atoms with Gasteiger partial charge in [-0.25, -0.2) is 0 Å². The lowest BCUT2D eigenvalue weighted by atomic mass is 9.56. The fourth-order valence-electron chi connectivity index (χ4n) is 7.32. The van der Waals surface area contributed by atoms with E-state index in [0.717, 1.165) is 54.9 Å². The minimum absolute atomic E-state index is 0.00254. The third-order valence-corrected chi connectivity index (χ3v) is 9.63. The number of methoxy groups -OCH3 is 1. The van der Waals surface area contributed by atoms with E-state index in [-0.39, 0.29) is 35.4 Å². The molecule has 3 aromatic carbocycles. The van der Waals surface area contributed by atoms with Gasteiger partial charge in [0.2, 0.25) is 0 Å². The van der Waals surface area contributed by atoms with Crippen molar-refractivity contribution >= 4 is 22.6 Å². The highest BCUT2D eigenvalue weighted by Gasteiger charge is 2.54. The molecule has 1 amide bonds. The highest BCUT2D eigenvalue weighted by Crippen LogP contribution is 2.52. The van der Waals surface area contributed by atoms with Crippen LogP contribution in [-0.4, -0.2) is 67.6 Å². The molecule has 1 aliphatic heterocycles. The second-order valence-electron chi connectivity index (χ2n) is 12.2. The maximum Gasteiger partial charge on any atom is 0.302 e. The lowest BCUT2D eigenvalue weighted by Gasteiger charge is -2.56. The van der Waals surface area contributed by atoms with Crippen LogP contribution in [0.1, 0.15) is 54.9 Å². The molecule has 40 heavy (non-hydrogen) atoms. The van der Waals surface area contributed by atoms with Crippen molar-refractivity contribution in [1.82, 2.24) is 9.80 Å². The number of esters is 1. The van der Waals surface area contributed by atoms with Gasteiger partial charge in [-0.05, 0) is 78.7 Å². The van der Waals surface area contributed by atoms with Gasteiger partial charge in [0.05, 0.1) is 7.11 Å². The third kappa shape index (κ3) is 5.22. The average molecular weight is 541 g/mol. The molecule has 3 aliphatic rings. The average Bonchev–Trinajstić information content (AvgIpc) is 3.80. The van der Waals surface area contributed by atoms with Gasteiger partial charge >= 0.3 is 5.97 Å². The fraction of sp³-hybridized carbons (Fsp3) is 0.471. The number of ether oxygens (including phenoxy) is 2. The smallest absolute Gasteiger partial charge is 0.302 e. The van der Waals surface area contributed by atoms with Crippen LogP contribution in [0.2, 0.25) is 0 Å². The molecule has 0 aromatic heterocycles. The van der Waals surface area contributed by atoms with Crippen LogP contribution in [0.25, 0.3) is 10.8 Å². The van der Waals surface area contributed by atoms with Gasteiger partial charge in [-0.2, -0.15) is 0 Å². The maximum atomic E-state index is 13.9. The second-order valence-corrected chi connectivity index (χ2v) is 12.2. The van der Waals surface area contributed by atoms with Crippen molar-refractivity contribution in [2.75, 3.05) is 33.8 Å². The highest BCUT2D eigenvalue weighted by molar-refractivity contribution is 5.98. The van der Waals surface area contributed by atoms with Crippen LogP contribution in [-0.2, 0) is 14.9 Å². The minimum atomic E-state index is -0.267. The van der Waals surface area contributed by atoms with E-state index in [1.807, 2.05) is 54.4 Å². The molecule has 0 N–H and O–H groups in total. The van der Waals surface area contributed by atoms with Crippen molar-refractivity contribution in [3.63, 3.8) is 0 Å². The Morgan fingerprint density at radius 2 is 1.82 bits per heavy atom. The molecule has 2 saturated carbocycles. The lowest BCUT2D eigenvalue weighted by molar-refractivity contribution is -0.158. The number of hydrogen-bond acceptors (Lipinski definition) is 5. The number of carbonyl (C=O) groups excluding carboxylic acids is 2. The number of rotatable bonds is 7. The van der Waals surface area contributed by atoms with E-state index < -0.39 is 0 Å². The van der Waals surface area contributed by atoms with Gasteiger partial charge in [-0.15, -0.1) is 0 Å². The molecule has 4 atom stereocenters. The van der Waals surface area contributed by atoms with Gasteiger partial charge in [0, 0.05) is 56.4 Å². The van der Waals surface area contributed by atoms with E-state index in [1.54, 1.807) is 7.11 Å². The minimum Gasteiger partial charge on any atom is -0.497 e. The Balaban J connectivity index is 1.35. The van der Waals surface area contributed by atoms with Crippen molar-refractivity contribution in [2.45, 2.75) is 56.6 Å². The van der Waals surface area contributed by atoms with Crippen molar-refractivity contribution in [1.29, 1.82) is 0 Å². The van der Waals surface area contributed by atoms with Crippen LogP contribution in [0.15, 0.2) is 66.7 Å². The summed E-state index contributed by atoms with van der Waals surface area (Å²) < 4.78 is 11.8. The molecule has 0 spiro atoms. The molecular weight excluding hydrogens is 500 g/mol. The van der Waals surface area contributed by atoms with Gasteiger partial charge < -0.3 is 19.3 Å². The summed E-state index contributed by atoms with van der Waals surface area (Å²) in [6, 6.07) is 22.4. The SMILES string of the molecule is COc1cccc([C@@]23CCN(CC4CC4)C[C@H]2C(OC(C)=O)C[C@@H](N(C)C(=O)c2ccc4ccccc4c2)C3)c1. The predicted molar refractivity (Wildman–Crippen MR) is 157 cm³/mol. The number of likely N-dealkylation sites (tertiary alicyclic amines) is 1. The fourth-order valence-corrected chi connectivity index (χ4v) is 7.32. The number of nitrogens with zero attached hydrogens (tertiary/aromatic N) is 2. The summed E-state index contributed by atoms with van der Waals surface area (Å²) in [6.07, 6.45) is 4.80. The Hall–Kier alpha value is -3.38. The van der Waals surface area contributed by atoms with Crippen LogP contribution in [0, 0.1) is 11.8 Å². The van der Waals surface area contributed by atoms with E-state index in [1.165, 1.54) is 25.3 Å². The quantitative estimate of drug-likeness (QED) is 0.361. The molecule has 1 heterocycles. The first kappa shape index (κ1) is 26.8. The zero-order chi connectivity index (χ0) is 27.9. The standard InChI is InChI=1S/C34H40N2O4/c1-23(37)40-32-19-29(35(2)33(38)27-14-13-25-7-4-5-8-26(25)17-27)20-34(28-9-6-10-30(18-28)39-3)15-16-36(22-31(32)34)21-24-11-12-24/h4-10,13-14,17-18,24,29,31-32H,11-12,15-16,19-22H2,1-3H3/t29-,31+,32?,34+/m1/s1. The molecule has 3 fully saturated rings. The summed E-state index contributed by atoms with van der Waals surface area (Å²) in [7, 11) is 3.61. The number of carbonyl (C=O) groups is 2. The molecule has 6 nitrogen and oxygen atoms in total. The van der Waals surface area contributed by atoms with Crippen LogP contribution >= 0.6 is 0 Å². The van der Waals surface area contributed by atoms with E-state index in [2.05, 4.69) is 29.2 Å². The van der Waals surface area contributed by atoms with E-state index in [4.69, 9.17) is 9.47 Å². The van der Waals surface area contributed by atoms with Gasteiger partial charge in [-0.1, -0.05) is 42.5 Å². The first-order valence-corrected chi connectivity index (χ1v) is 14.7. The van der Waals surface area contributed by atoms with Crippen molar-refractivity contribution in [3.8, 4) is 5.75 Å². The zero-order valence-electron chi connectivity index (χ0n) is 23.8. The van der Waals surface area contributed by atoms with Gasteiger partial charge in [-0.3, -0.25) is 9.59 Å². The van der Waals surface area contributed by atoms with Gasteiger partial charge in [0.25, 0.3) is 5.91 Å². The maximum absolute atomic E-state index is 13.9. The molecule has 2 aliphatic carbocycles. The van der Waals surface area contributed by atoms with Gasteiger partial charge in [0.15, 0.2) is 0 Å². The third-order valence-electron chi connectivity index (χ3n) is 9.63. The first-order valence-electron chi connectivity index (χ1n) is 14.7. The number of benzene rings is 3. The van der Waals surface area contributed by atoms with Crippen LogP contribution in [0.4, 0.5) is 0 Å². The van der Waals surface area contributed by atoms with Crippen LogP contribution in [0.5, 0.6) is 5.75 Å². The molecule has 1 saturated heterocycles.